The Morgan fingerprint density at radius 2 is 2.07 bits per heavy atom. The third-order valence-electron chi connectivity index (χ3n) is 6.12. The van der Waals surface area contributed by atoms with Crippen molar-refractivity contribution in [1.82, 2.24) is 21.3 Å². The molecule has 0 aromatic heterocycles. The number of rotatable bonds is 4. The van der Waals surface area contributed by atoms with E-state index in [0.717, 1.165) is 51.1 Å². The summed E-state index contributed by atoms with van der Waals surface area (Å²) in [7, 11) is 2.01. The number of hydrogen-bond acceptors (Lipinski definition) is 6. The van der Waals surface area contributed by atoms with Crippen LogP contribution in [0.25, 0.3) is 5.57 Å². The smallest absolute Gasteiger partial charge is 0.133 e. The third-order valence-corrected chi connectivity index (χ3v) is 6.12. The third kappa shape index (κ3) is 4.20. The number of allylic oxidation sites excluding steroid dienone is 1. The summed E-state index contributed by atoms with van der Waals surface area (Å²) in [6, 6.07) is 2.76. The molecule has 0 saturated carbocycles. The Morgan fingerprint density at radius 1 is 1.18 bits per heavy atom. The maximum Gasteiger partial charge on any atom is 0.133 e. The van der Waals surface area contributed by atoms with Crippen LogP contribution in [0.4, 0.5) is 5.69 Å². The van der Waals surface area contributed by atoms with Gasteiger partial charge < -0.3 is 20.7 Å². The zero-order valence-electron chi connectivity index (χ0n) is 17.5. The van der Waals surface area contributed by atoms with Crippen LogP contribution >= 0.6 is 0 Å². The van der Waals surface area contributed by atoms with E-state index in [1.54, 1.807) is 0 Å². The molecule has 0 spiro atoms. The lowest BCUT2D eigenvalue weighted by atomic mass is 9.90. The van der Waals surface area contributed by atoms with Gasteiger partial charge >= 0.3 is 0 Å². The van der Waals surface area contributed by atoms with Crippen LogP contribution in [0.2, 0.25) is 0 Å². The van der Waals surface area contributed by atoms with Gasteiger partial charge in [0, 0.05) is 23.8 Å². The molecule has 4 rings (SSSR count). The molecule has 6 heteroatoms. The van der Waals surface area contributed by atoms with Crippen molar-refractivity contribution in [3.63, 3.8) is 0 Å². The molecule has 1 aromatic carbocycles. The van der Waals surface area contributed by atoms with Crippen LogP contribution in [-0.2, 0) is 6.42 Å². The van der Waals surface area contributed by atoms with Crippen molar-refractivity contribution in [2.45, 2.75) is 64.4 Å². The average Bonchev–Trinajstić information content (AvgIpc) is 2.97. The van der Waals surface area contributed by atoms with E-state index in [0.29, 0.717) is 12.2 Å². The second-order valence-corrected chi connectivity index (χ2v) is 8.29. The summed E-state index contributed by atoms with van der Waals surface area (Å²) in [5, 5.41) is 17.8. The summed E-state index contributed by atoms with van der Waals surface area (Å²) in [5.74, 6) is 1.12. The van der Waals surface area contributed by atoms with Gasteiger partial charge in [-0.2, -0.15) is 0 Å². The normalized spacial score (nSPS) is 28.0. The van der Waals surface area contributed by atoms with E-state index in [-0.39, 0.29) is 6.29 Å². The lowest BCUT2D eigenvalue weighted by molar-refractivity contribution is 0.249. The molecular formula is C22H35N5O. The summed E-state index contributed by atoms with van der Waals surface area (Å²) in [6.07, 6.45) is 8.23. The van der Waals surface area contributed by atoms with Gasteiger partial charge in [-0.15, -0.1) is 0 Å². The molecule has 1 saturated heterocycles. The van der Waals surface area contributed by atoms with Crippen LogP contribution in [0.3, 0.4) is 0 Å². The highest BCUT2D eigenvalue weighted by Gasteiger charge is 2.27. The van der Waals surface area contributed by atoms with Crippen molar-refractivity contribution in [2.24, 2.45) is 0 Å². The maximum absolute atomic E-state index is 6.20. The Balaban J connectivity index is 1.68. The first-order valence-electron chi connectivity index (χ1n) is 10.8. The Kier molecular flexibility index (Phi) is 6.21. The summed E-state index contributed by atoms with van der Waals surface area (Å²) >= 11 is 0. The number of ether oxygens (including phenoxy) is 1. The molecule has 0 radical (unpaired) electrons. The SMILES string of the molecule is CNC1CC(C)NC(Nc2cc3c(c(C4=CCNCCC4)c2C)OCCC3)N1. The zero-order chi connectivity index (χ0) is 19.5. The lowest BCUT2D eigenvalue weighted by Gasteiger charge is -2.37. The fourth-order valence-electron chi connectivity index (χ4n) is 4.63. The quantitative estimate of drug-likeness (QED) is 0.548. The van der Waals surface area contributed by atoms with Crippen LogP contribution in [0.15, 0.2) is 12.1 Å². The number of hydrogen-bond donors (Lipinski definition) is 5. The van der Waals surface area contributed by atoms with Crippen molar-refractivity contribution < 1.29 is 4.74 Å². The molecule has 5 N–H and O–H groups in total. The van der Waals surface area contributed by atoms with Gasteiger partial charge in [-0.25, -0.2) is 0 Å². The van der Waals surface area contributed by atoms with Gasteiger partial charge in [0.05, 0.1) is 12.8 Å². The second kappa shape index (κ2) is 8.82. The molecule has 28 heavy (non-hydrogen) atoms. The largest absolute Gasteiger partial charge is 0.493 e. The summed E-state index contributed by atoms with van der Waals surface area (Å²) in [4.78, 5) is 0. The van der Waals surface area contributed by atoms with E-state index in [1.807, 2.05) is 7.05 Å². The Morgan fingerprint density at radius 3 is 2.93 bits per heavy atom. The maximum atomic E-state index is 6.20. The zero-order valence-corrected chi connectivity index (χ0v) is 17.5. The van der Waals surface area contributed by atoms with Gasteiger partial charge in [0.15, 0.2) is 0 Å². The van der Waals surface area contributed by atoms with Crippen molar-refractivity contribution in [3.8, 4) is 5.75 Å². The minimum absolute atomic E-state index is 0.0417. The Labute approximate surface area is 168 Å². The molecule has 0 aliphatic carbocycles. The van der Waals surface area contributed by atoms with E-state index in [9.17, 15) is 0 Å². The Bertz CT molecular complexity index is 732. The van der Waals surface area contributed by atoms with Crippen molar-refractivity contribution in [3.05, 3.63) is 28.8 Å². The van der Waals surface area contributed by atoms with E-state index in [2.05, 4.69) is 52.6 Å². The summed E-state index contributed by atoms with van der Waals surface area (Å²) in [5.41, 5.74) is 6.57. The molecule has 1 fully saturated rings. The molecular weight excluding hydrogens is 350 g/mol. The molecule has 3 atom stereocenters. The number of nitrogens with one attached hydrogen (secondary N) is 5. The molecule has 0 bridgehead atoms. The molecule has 3 aliphatic heterocycles. The van der Waals surface area contributed by atoms with Gasteiger partial charge in [-0.3, -0.25) is 10.6 Å². The highest BCUT2D eigenvalue weighted by molar-refractivity contribution is 5.80. The predicted octanol–water partition coefficient (Wildman–Crippen LogP) is 2.30. The van der Waals surface area contributed by atoms with E-state index < -0.39 is 0 Å². The van der Waals surface area contributed by atoms with E-state index in [1.165, 1.54) is 34.4 Å². The Hall–Kier alpha value is -1.60. The minimum atomic E-state index is 0.0417. The molecule has 3 aliphatic rings. The lowest BCUT2D eigenvalue weighted by Crippen LogP contribution is -2.63. The predicted molar refractivity (Wildman–Crippen MR) is 116 cm³/mol. The number of benzene rings is 1. The van der Waals surface area contributed by atoms with Crippen molar-refractivity contribution in [1.29, 1.82) is 0 Å². The van der Waals surface area contributed by atoms with Gasteiger partial charge in [-0.1, -0.05) is 6.08 Å². The first-order chi connectivity index (χ1) is 13.7. The van der Waals surface area contributed by atoms with Gasteiger partial charge in [0.1, 0.15) is 12.0 Å². The van der Waals surface area contributed by atoms with Crippen LogP contribution in [0.5, 0.6) is 5.75 Å². The van der Waals surface area contributed by atoms with Crippen LogP contribution in [0.1, 0.15) is 49.3 Å². The summed E-state index contributed by atoms with van der Waals surface area (Å²) < 4.78 is 6.20. The molecule has 1 aromatic rings. The topological polar surface area (TPSA) is 69.4 Å². The first-order valence-corrected chi connectivity index (χ1v) is 10.8. The average molecular weight is 386 g/mol. The molecule has 6 nitrogen and oxygen atoms in total. The monoisotopic (exact) mass is 385 g/mol. The van der Waals surface area contributed by atoms with E-state index in [4.69, 9.17) is 4.74 Å². The number of fused-ring (bicyclic) bond motifs is 1. The van der Waals surface area contributed by atoms with Crippen molar-refractivity contribution in [2.75, 3.05) is 32.1 Å². The molecule has 3 heterocycles. The van der Waals surface area contributed by atoms with Gasteiger partial charge in [-0.05, 0) is 82.3 Å². The van der Waals surface area contributed by atoms with Crippen LogP contribution in [0, 0.1) is 6.92 Å². The van der Waals surface area contributed by atoms with Crippen LogP contribution < -0.4 is 31.3 Å². The molecule has 0 amide bonds. The number of aryl methyl sites for hydroxylation is 1. The van der Waals surface area contributed by atoms with Crippen molar-refractivity contribution >= 4 is 11.3 Å². The van der Waals surface area contributed by atoms with E-state index >= 15 is 0 Å². The number of anilines is 1. The van der Waals surface area contributed by atoms with Gasteiger partial charge in [0.25, 0.3) is 0 Å². The standard InChI is InChI=1S/C22H35N5O/c1-14-12-19(23-3)27-22(25-14)26-18-13-17-7-5-11-28-21(17)20(15(18)2)16-6-4-9-24-10-8-16/h8,13-14,19,22-27H,4-7,9-12H2,1-3H3. The highest BCUT2D eigenvalue weighted by atomic mass is 16.5. The minimum Gasteiger partial charge on any atom is -0.493 e. The second-order valence-electron chi connectivity index (χ2n) is 8.29. The fourth-order valence-corrected chi connectivity index (χ4v) is 4.63. The summed E-state index contributed by atoms with van der Waals surface area (Å²) in [6.45, 7) is 7.32. The molecule has 154 valence electrons. The first kappa shape index (κ1) is 19.7. The van der Waals surface area contributed by atoms with Crippen LogP contribution in [-0.4, -0.2) is 45.2 Å². The fraction of sp³-hybridized carbons (Fsp3) is 0.636. The molecule has 3 unspecified atom stereocenters. The highest BCUT2D eigenvalue weighted by Crippen LogP contribution is 2.41. The van der Waals surface area contributed by atoms with Gasteiger partial charge in [0.2, 0.25) is 0 Å².